The zero-order chi connectivity index (χ0) is 16.6. The maximum absolute atomic E-state index is 12.8. The molecular formula is C19H17N3O. The number of hydrogen-bond acceptors (Lipinski definition) is 3. The van der Waals surface area contributed by atoms with Crippen LogP contribution in [0, 0.1) is 25.2 Å². The number of Topliss-reactive ketones (excluding diaryl/α,β-unsaturated/α-hetero) is 1. The minimum atomic E-state index is -0.908. The van der Waals surface area contributed by atoms with E-state index in [1.807, 2.05) is 61.9 Å². The number of aryl methyl sites for hydroxylation is 3. The molecule has 114 valence electrons. The molecule has 2 aromatic carbocycles. The van der Waals surface area contributed by atoms with Gasteiger partial charge in [0.2, 0.25) is 0 Å². The van der Waals surface area contributed by atoms with Gasteiger partial charge in [0.1, 0.15) is 5.82 Å². The van der Waals surface area contributed by atoms with Crippen LogP contribution >= 0.6 is 0 Å². The molecule has 0 radical (unpaired) electrons. The van der Waals surface area contributed by atoms with Gasteiger partial charge in [-0.15, -0.1) is 0 Å². The van der Waals surface area contributed by atoms with Crippen LogP contribution in [0.3, 0.4) is 0 Å². The minimum absolute atomic E-state index is 0.214. The third-order valence-corrected chi connectivity index (χ3v) is 4.26. The van der Waals surface area contributed by atoms with Gasteiger partial charge in [-0.2, -0.15) is 5.26 Å². The Morgan fingerprint density at radius 3 is 2.57 bits per heavy atom. The molecule has 0 N–H and O–H groups in total. The highest BCUT2D eigenvalue weighted by molar-refractivity contribution is 6.02. The maximum atomic E-state index is 12.8. The Kier molecular flexibility index (Phi) is 3.71. The molecule has 0 aliphatic rings. The van der Waals surface area contributed by atoms with Crippen LogP contribution in [-0.2, 0) is 7.05 Å². The average Bonchev–Trinajstić information content (AvgIpc) is 2.88. The summed E-state index contributed by atoms with van der Waals surface area (Å²) in [5, 5.41) is 9.56. The van der Waals surface area contributed by atoms with Gasteiger partial charge in [0, 0.05) is 12.6 Å². The van der Waals surface area contributed by atoms with E-state index >= 15 is 0 Å². The second kappa shape index (κ2) is 5.69. The topological polar surface area (TPSA) is 58.7 Å². The van der Waals surface area contributed by atoms with Gasteiger partial charge in [0.25, 0.3) is 0 Å². The summed E-state index contributed by atoms with van der Waals surface area (Å²) >= 11 is 0. The fraction of sp³-hybridized carbons (Fsp3) is 0.211. The molecule has 0 saturated carbocycles. The van der Waals surface area contributed by atoms with Gasteiger partial charge in [0.15, 0.2) is 11.7 Å². The Balaban J connectivity index is 2.07. The molecule has 0 fully saturated rings. The van der Waals surface area contributed by atoms with Crippen molar-refractivity contribution in [1.82, 2.24) is 9.55 Å². The van der Waals surface area contributed by atoms with Crippen LogP contribution < -0.4 is 0 Å². The molecule has 0 bridgehead atoms. The molecule has 0 aliphatic heterocycles. The number of rotatable bonds is 3. The molecule has 0 amide bonds. The average molecular weight is 303 g/mol. The molecular weight excluding hydrogens is 286 g/mol. The summed E-state index contributed by atoms with van der Waals surface area (Å²) in [4.78, 5) is 17.3. The van der Waals surface area contributed by atoms with Gasteiger partial charge in [0.05, 0.1) is 17.1 Å². The van der Waals surface area contributed by atoms with Gasteiger partial charge in [-0.3, -0.25) is 4.79 Å². The quantitative estimate of drug-likeness (QED) is 0.693. The number of benzene rings is 2. The first-order chi connectivity index (χ1) is 11.0. The van der Waals surface area contributed by atoms with E-state index < -0.39 is 5.92 Å². The van der Waals surface area contributed by atoms with Crippen molar-refractivity contribution in [3.8, 4) is 6.07 Å². The van der Waals surface area contributed by atoms with Crippen molar-refractivity contribution in [2.45, 2.75) is 19.8 Å². The highest BCUT2D eigenvalue weighted by Gasteiger charge is 2.27. The van der Waals surface area contributed by atoms with Crippen molar-refractivity contribution in [1.29, 1.82) is 5.26 Å². The Bertz CT molecular complexity index is 947. The second-order valence-electron chi connectivity index (χ2n) is 5.74. The highest BCUT2D eigenvalue weighted by Crippen LogP contribution is 2.24. The van der Waals surface area contributed by atoms with Crippen molar-refractivity contribution < 1.29 is 4.79 Å². The van der Waals surface area contributed by atoms with E-state index in [2.05, 4.69) is 11.1 Å². The highest BCUT2D eigenvalue weighted by atomic mass is 16.1. The van der Waals surface area contributed by atoms with Gasteiger partial charge < -0.3 is 4.57 Å². The lowest BCUT2D eigenvalue weighted by Crippen LogP contribution is -2.15. The molecule has 0 saturated heterocycles. The van der Waals surface area contributed by atoms with Gasteiger partial charge in [-0.25, -0.2) is 4.98 Å². The molecule has 4 heteroatoms. The van der Waals surface area contributed by atoms with Crippen LogP contribution in [0.25, 0.3) is 11.0 Å². The lowest BCUT2D eigenvalue weighted by Gasteiger charge is -2.10. The predicted octanol–water partition coefficient (Wildman–Crippen LogP) is 3.68. The number of hydrogen-bond donors (Lipinski definition) is 0. The molecule has 0 aliphatic carbocycles. The number of para-hydroxylation sites is 2. The van der Waals surface area contributed by atoms with Crippen LogP contribution in [-0.4, -0.2) is 15.3 Å². The first kappa shape index (κ1) is 15.0. The van der Waals surface area contributed by atoms with Crippen LogP contribution in [0.4, 0.5) is 0 Å². The Labute approximate surface area is 135 Å². The maximum Gasteiger partial charge on any atom is 0.187 e. The summed E-state index contributed by atoms with van der Waals surface area (Å²) < 4.78 is 1.82. The Hall–Kier alpha value is -2.93. The minimum Gasteiger partial charge on any atom is -0.330 e. The van der Waals surface area contributed by atoms with Crippen LogP contribution in [0.5, 0.6) is 0 Å². The summed E-state index contributed by atoms with van der Waals surface area (Å²) in [6.07, 6.45) is 0. The largest absolute Gasteiger partial charge is 0.330 e. The van der Waals surface area contributed by atoms with Crippen LogP contribution in [0.15, 0.2) is 42.5 Å². The molecule has 1 unspecified atom stereocenters. The predicted molar refractivity (Wildman–Crippen MR) is 89.3 cm³/mol. The second-order valence-corrected chi connectivity index (χ2v) is 5.74. The van der Waals surface area contributed by atoms with Gasteiger partial charge in [-0.1, -0.05) is 24.3 Å². The smallest absolute Gasteiger partial charge is 0.187 e. The van der Waals surface area contributed by atoms with Crippen LogP contribution in [0.2, 0.25) is 0 Å². The normalized spacial score (nSPS) is 12.1. The molecule has 23 heavy (non-hydrogen) atoms. The summed E-state index contributed by atoms with van der Waals surface area (Å²) in [7, 11) is 1.84. The van der Waals surface area contributed by atoms with Gasteiger partial charge >= 0.3 is 0 Å². The summed E-state index contributed by atoms with van der Waals surface area (Å²) in [6.45, 7) is 3.96. The number of nitriles is 1. The Morgan fingerprint density at radius 2 is 1.91 bits per heavy atom. The molecule has 3 aromatic rings. The number of carbonyl (C=O) groups excluding carboxylic acids is 1. The molecule has 0 spiro atoms. The monoisotopic (exact) mass is 303 g/mol. The summed E-state index contributed by atoms with van der Waals surface area (Å²) in [5.74, 6) is -0.638. The van der Waals surface area contributed by atoms with E-state index in [9.17, 15) is 10.1 Å². The van der Waals surface area contributed by atoms with Crippen molar-refractivity contribution in [2.75, 3.05) is 0 Å². The van der Waals surface area contributed by atoms with Crippen molar-refractivity contribution >= 4 is 16.8 Å². The number of nitrogens with zero attached hydrogens (tertiary/aromatic N) is 3. The third-order valence-electron chi connectivity index (χ3n) is 4.26. The van der Waals surface area contributed by atoms with Crippen LogP contribution in [0.1, 0.15) is 33.2 Å². The Morgan fingerprint density at radius 1 is 1.17 bits per heavy atom. The van der Waals surface area contributed by atoms with Crippen molar-refractivity contribution in [3.63, 3.8) is 0 Å². The van der Waals surface area contributed by atoms with E-state index in [4.69, 9.17) is 0 Å². The number of imidazole rings is 1. The van der Waals surface area contributed by atoms with Gasteiger partial charge in [-0.05, 0) is 43.2 Å². The number of ketones is 1. The molecule has 1 aromatic heterocycles. The summed E-state index contributed by atoms with van der Waals surface area (Å²) in [5.41, 5.74) is 4.41. The molecule has 4 nitrogen and oxygen atoms in total. The van der Waals surface area contributed by atoms with E-state index in [1.165, 1.54) is 0 Å². The lowest BCUT2D eigenvalue weighted by molar-refractivity contribution is 0.0975. The standard InChI is InChI=1S/C19H17N3O/c1-12-8-9-14(10-13(12)2)18(23)15(11-20)19-21-16-6-4-5-7-17(16)22(19)3/h4-10,15H,1-3H3. The van der Waals surface area contributed by atoms with Crippen molar-refractivity contribution in [3.05, 3.63) is 65.0 Å². The molecule has 1 atom stereocenters. The van der Waals surface area contributed by atoms with E-state index in [-0.39, 0.29) is 5.78 Å². The zero-order valence-electron chi connectivity index (χ0n) is 13.4. The number of fused-ring (bicyclic) bond motifs is 1. The van der Waals surface area contributed by atoms with E-state index in [0.717, 1.165) is 22.2 Å². The van der Waals surface area contributed by atoms with E-state index in [0.29, 0.717) is 11.4 Å². The molecule has 3 rings (SSSR count). The zero-order valence-corrected chi connectivity index (χ0v) is 13.4. The number of carbonyl (C=O) groups is 1. The van der Waals surface area contributed by atoms with E-state index in [1.54, 1.807) is 6.07 Å². The summed E-state index contributed by atoms with van der Waals surface area (Å²) in [6, 6.07) is 15.3. The third kappa shape index (κ3) is 2.51. The fourth-order valence-electron chi connectivity index (χ4n) is 2.72. The fourth-order valence-corrected chi connectivity index (χ4v) is 2.72. The lowest BCUT2D eigenvalue weighted by atomic mass is 9.95. The van der Waals surface area contributed by atoms with Crippen molar-refractivity contribution in [2.24, 2.45) is 7.05 Å². The first-order valence-electron chi connectivity index (χ1n) is 7.45. The first-order valence-corrected chi connectivity index (χ1v) is 7.45. The SMILES string of the molecule is Cc1ccc(C(=O)C(C#N)c2nc3ccccc3n2C)cc1C. The number of aromatic nitrogens is 2. The molecule has 1 heterocycles.